The summed E-state index contributed by atoms with van der Waals surface area (Å²) in [5.41, 5.74) is 3.34. The molecule has 1 heterocycles. The van der Waals surface area contributed by atoms with E-state index in [1.54, 1.807) is 6.07 Å². The molecule has 0 aliphatic carbocycles. The zero-order valence-corrected chi connectivity index (χ0v) is 11.3. The van der Waals surface area contributed by atoms with Crippen LogP contribution in [0.25, 0.3) is 11.3 Å². The minimum Gasteiger partial charge on any atom is -0.477 e. The number of aromatic carboxylic acids is 1. The summed E-state index contributed by atoms with van der Waals surface area (Å²) in [6.45, 7) is 4.78. The maximum Gasteiger partial charge on any atom is 0.342 e. The second-order valence-electron chi connectivity index (χ2n) is 4.54. The van der Waals surface area contributed by atoms with E-state index in [1.807, 2.05) is 43.3 Å². The van der Waals surface area contributed by atoms with Gasteiger partial charge in [0.2, 0.25) is 5.69 Å². The molecule has 2 rings (SSSR count). The molecule has 0 atom stereocenters. The average molecular weight is 256 g/mol. The first-order valence-electron chi connectivity index (χ1n) is 6.47. The number of rotatable bonds is 4. The predicted octanol–water partition coefficient (Wildman–Crippen LogP) is 3.06. The molecular weight excluding hydrogens is 238 g/mol. The van der Waals surface area contributed by atoms with Crippen LogP contribution in [0.15, 0.2) is 42.5 Å². The van der Waals surface area contributed by atoms with Crippen molar-refractivity contribution in [3.05, 3.63) is 53.7 Å². The molecule has 19 heavy (non-hydrogen) atoms. The molecule has 0 aliphatic heterocycles. The summed E-state index contributed by atoms with van der Waals surface area (Å²) >= 11 is 0. The van der Waals surface area contributed by atoms with Crippen molar-refractivity contribution in [2.45, 2.75) is 26.8 Å². The van der Waals surface area contributed by atoms with Gasteiger partial charge in [-0.25, -0.2) is 4.79 Å². The highest BCUT2D eigenvalue weighted by molar-refractivity contribution is 5.88. The van der Waals surface area contributed by atoms with E-state index in [9.17, 15) is 9.90 Å². The van der Waals surface area contributed by atoms with Crippen molar-refractivity contribution in [1.82, 2.24) is 0 Å². The fraction of sp³-hybridized carbons (Fsp3) is 0.250. The Morgan fingerprint density at radius 2 is 1.84 bits per heavy atom. The van der Waals surface area contributed by atoms with Crippen LogP contribution >= 0.6 is 0 Å². The van der Waals surface area contributed by atoms with E-state index in [0.29, 0.717) is 5.56 Å². The zero-order chi connectivity index (χ0) is 13.8. The van der Waals surface area contributed by atoms with E-state index in [0.717, 1.165) is 29.9 Å². The average Bonchev–Trinajstić information content (AvgIpc) is 2.41. The normalized spacial score (nSPS) is 10.4. The van der Waals surface area contributed by atoms with E-state index in [4.69, 9.17) is 0 Å². The molecule has 1 aromatic heterocycles. The van der Waals surface area contributed by atoms with E-state index >= 15 is 0 Å². The van der Waals surface area contributed by atoms with Crippen LogP contribution in [0.3, 0.4) is 0 Å². The molecule has 3 nitrogen and oxygen atoms in total. The van der Waals surface area contributed by atoms with Gasteiger partial charge < -0.3 is 5.11 Å². The van der Waals surface area contributed by atoms with Crippen molar-refractivity contribution in [2.75, 3.05) is 0 Å². The van der Waals surface area contributed by atoms with Crippen molar-refractivity contribution >= 4 is 5.97 Å². The Morgan fingerprint density at radius 3 is 2.42 bits per heavy atom. The number of hydrogen-bond acceptors (Lipinski definition) is 1. The molecule has 0 unspecified atom stereocenters. The quantitative estimate of drug-likeness (QED) is 0.854. The molecule has 0 fully saturated rings. The van der Waals surface area contributed by atoms with Gasteiger partial charge in [0.25, 0.3) is 0 Å². The van der Waals surface area contributed by atoms with Crippen LogP contribution in [-0.2, 0) is 6.54 Å². The highest BCUT2D eigenvalue weighted by Gasteiger charge is 2.21. The highest BCUT2D eigenvalue weighted by Crippen LogP contribution is 2.17. The molecule has 3 heteroatoms. The maximum atomic E-state index is 11.2. The highest BCUT2D eigenvalue weighted by atomic mass is 16.4. The van der Waals surface area contributed by atoms with Crippen LogP contribution in [0.4, 0.5) is 0 Å². The minimum atomic E-state index is -0.873. The summed E-state index contributed by atoms with van der Waals surface area (Å²) in [5, 5.41) is 9.21. The van der Waals surface area contributed by atoms with Gasteiger partial charge in [-0.2, -0.15) is 4.57 Å². The Morgan fingerprint density at radius 1 is 1.16 bits per heavy atom. The van der Waals surface area contributed by atoms with Crippen LogP contribution in [0.2, 0.25) is 0 Å². The Bertz CT molecular complexity index is 591. The Hall–Kier alpha value is -2.16. The number of carboxylic acid groups (broad SMARTS) is 1. The summed E-state index contributed by atoms with van der Waals surface area (Å²) in [7, 11) is 0. The van der Waals surface area contributed by atoms with Crippen LogP contribution in [0.5, 0.6) is 0 Å². The lowest BCUT2D eigenvalue weighted by molar-refractivity contribution is -0.692. The molecule has 0 amide bonds. The smallest absolute Gasteiger partial charge is 0.342 e. The van der Waals surface area contributed by atoms with Gasteiger partial charge in [-0.3, -0.25) is 0 Å². The number of nitrogens with zero attached hydrogens (tertiary/aromatic N) is 1. The third kappa shape index (κ3) is 2.65. The second kappa shape index (κ2) is 5.65. The zero-order valence-electron chi connectivity index (χ0n) is 11.3. The summed E-state index contributed by atoms with van der Waals surface area (Å²) in [6, 6.07) is 13.6. The van der Waals surface area contributed by atoms with Crippen molar-refractivity contribution in [1.29, 1.82) is 0 Å². The van der Waals surface area contributed by atoms with Crippen LogP contribution in [0.1, 0.15) is 29.4 Å². The van der Waals surface area contributed by atoms with Crippen molar-refractivity contribution < 1.29 is 14.5 Å². The summed E-state index contributed by atoms with van der Waals surface area (Å²) in [4.78, 5) is 11.2. The monoisotopic (exact) mass is 256 g/mol. The number of aromatic nitrogens is 1. The van der Waals surface area contributed by atoms with Crippen LogP contribution in [0, 0.1) is 6.92 Å². The summed E-state index contributed by atoms with van der Waals surface area (Å²) < 4.78 is 2.08. The van der Waals surface area contributed by atoms with E-state index < -0.39 is 5.97 Å². The van der Waals surface area contributed by atoms with Gasteiger partial charge in [-0.05, 0) is 18.2 Å². The standard InChI is InChI=1S/C16H17NO2/c1-3-11-17-12(2)14(16(18)19)9-10-15(17)13-7-5-4-6-8-13/h4-10H,3,11H2,1-2H3/p+1. The molecule has 1 aromatic carbocycles. The first-order valence-corrected chi connectivity index (χ1v) is 6.47. The lowest BCUT2D eigenvalue weighted by Gasteiger charge is -2.08. The molecule has 0 radical (unpaired) electrons. The lowest BCUT2D eigenvalue weighted by Crippen LogP contribution is -2.41. The predicted molar refractivity (Wildman–Crippen MR) is 74.1 cm³/mol. The second-order valence-corrected chi connectivity index (χ2v) is 4.54. The first-order chi connectivity index (χ1) is 9.15. The van der Waals surface area contributed by atoms with Crippen molar-refractivity contribution in [2.24, 2.45) is 0 Å². The Labute approximate surface area is 113 Å². The van der Waals surface area contributed by atoms with Crippen molar-refractivity contribution in [3.63, 3.8) is 0 Å². The number of carboxylic acids is 1. The number of pyridine rings is 1. The third-order valence-electron chi connectivity index (χ3n) is 3.24. The molecule has 0 saturated heterocycles. The van der Waals surface area contributed by atoms with E-state index in [2.05, 4.69) is 11.5 Å². The number of hydrogen-bond donors (Lipinski definition) is 1. The molecular formula is C16H18NO2+. The molecule has 0 bridgehead atoms. The molecule has 0 saturated carbocycles. The first kappa shape index (κ1) is 13.3. The maximum absolute atomic E-state index is 11.2. The largest absolute Gasteiger partial charge is 0.477 e. The fourth-order valence-corrected chi connectivity index (χ4v) is 2.30. The minimum absolute atomic E-state index is 0.369. The molecule has 2 aromatic rings. The van der Waals surface area contributed by atoms with Gasteiger partial charge in [0.1, 0.15) is 12.1 Å². The van der Waals surface area contributed by atoms with Gasteiger partial charge in [0.15, 0.2) is 5.69 Å². The number of benzene rings is 1. The van der Waals surface area contributed by atoms with Gasteiger partial charge >= 0.3 is 5.97 Å². The Balaban J connectivity index is 2.62. The summed E-state index contributed by atoms with van der Waals surface area (Å²) in [5.74, 6) is -0.873. The summed E-state index contributed by atoms with van der Waals surface area (Å²) in [6.07, 6.45) is 0.967. The molecule has 0 aliphatic rings. The third-order valence-corrected chi connectivity index (χ3v) is 3.24. The van der Waals surface area contributed by atoms with E-state index in [-0.39, 0.29) is 0 Å². The van der Waals surface area contributed by atoms with Crippen LogP contribution in [-0.4, -0.2) is 11.1 Å². The lowest BCUT2D eigenvalue weighted by atomic mass is 10.1. The van der Waals surface area contributed by atoms with Crippen molar-refractivity contribution in [3.8, 4) is 11.3 Å². The van der Waals surface area contributed by atoms with Gasteiger partial charge in [0, 0.05) is 25.0 Å². The Kier molecular flexibility index (Phi) is 3.95. The number of carbonyl (C=O) groups is 1. The SMILES string of the molecule is CCC[n+]1c(-c2ccccc2)ccc(C(=O)O)c1C. The van der Waals surface area contributed by atoms with Gasteiger partial charge in [-0.1, -0.05) is 25.1 Å². The topological polar surface area (TPSA) is 41.2 Å². The van der Waals surface area contributed by atoms with E-state index in [1.165, 1.54) is 0 Å². The molecule has 0 spiro atoms. The van der Waals surface area contributed by atoms with Gasteiger partial charge in [-0.15, -0.1) is 0 Å². The van der Waals surface area contributed by atoms with Gasteiger partial charge in [0.05, 0.1) is 0 Å². The van der Waals surface area contributed by atoms with Crippen LogP contribution < -0.4 is 4.57 Å². The molecule has 98 valence electrons. The fourth-order valence-electron chi connectivity index (χ4n) is 2.30. The molecule has 1 N–H and O–H groups in total.